The van der Waals surface area contributed by atoms with Crippen LogP contribution in [0.2, 0.25) is 0 Å². The lowest BCUT2D eigenvalue weighted by Gasteiger charge is -1.81. The van der Waals surface area contributed by atoms with Crippen molar-refractivity contribution in [2.75, 3.05) is 12.1 Å². The predicted molar refractivity (Wildman–Crippen MR) is 31.1 cm³/mol. The maximum absolute atomic E-state index is 9.88. The Labute approximate surface area is 49.2 Å². The molecule has 0 aliphatic heterocycles. The number of rotatable bonds is 1. The summed E-state index contributed by atoms with van der Waals surface area (Å²) in [5, 5.41) is 0. The van der Waals surface area contributed by atoms with Gasteiger partial charge in [-0.1, -0.05) is 0 Å². The maximum atomic E-state index is 9.88. The van der Waals surface area contributed by atoms with E-state index in [-0.39, 0.29) is 18.3 Å². The number of halogens is 1. The Morgan fingerprint density at radius 2 is 1.71 bits per heavy atom. The zero-order chi connectivity index (χ0) is 5.21. The first-order valence-electron chi connectivity index (χ1n) is 1.44. The summed E-state index contributed by atoms with van der Waals surface area (Å²) in [6.07, 6.45) is 1.09. The lowest BCUT2D eigenvalue weighted by molar-refractivity contribution is 0.602. The summed E-state index contributed by atoms with van der Waals surface area (Å²) in [7, 11) is -2.88. The van der Waals surface area contributed by atoms with E-state index in [4.69, 9.17) is 5.73 Å². The molecule has 0 rings (SSSR count). The van der Waals surface area contributed by atoms with Gasteiger partial charge in [-0.25, -0.2) is 8.42 Å². The standard InChI is InChI=1S/C2H7NO2S.ClH/c1-6(4,5)2-3;/h2-3H2,1H3;1H. The average molecular weight is 146 g/mol. The van der Waals surface area contributed by atoms with E-state index in [0.29, 0.717) is 0 Å². The summed E-state index contributed by atoms with van der Waals surface area (Å²) >= 11 is 0. The molecule has 3 nitrogen and oxygen atoms in total. The van der Waals surface area contributed by atoms with Crippen LogP contribution in [0.3, 0.4) is 0 Å². The van der Waals surface area contributed by atoms with Gasteiger partial charge in [0, 0.05) is 6.26 Å². The van der Waals surface area contributed by atoms with E-state index in [1.54, 1.807) is 0 Å². The number of nitrogens with two attached hydrogens (primary N) is 1. The van der Waals surface area contributed by atoms with Crippen molar-refractivity contribution in [2.24, 2.45) is 5.73 Å². The molecule has 0 aromatic rings. The molecule has 0 radical (unpaired) electrons. The van der Waals surface area contributed by atoms with Crippen molar-refractivity contribution in [1.29, 1.82) is 0 Å². The first-order valence-corrected chi connectivity index (χ1v) is 3.50. The van der Waals surface area contributed by atoms with Crippen LogP contribution in [0, 0.1) is 0 Å². The van der Waals surface area contributed by atoms with Crippen molar-refractivity contribution < 1.29 is 8.42 Å². The third-order valence-electron chi connectivity index (χ3n) is 0.303. The van der Waals surface area contributed by atoms with Gasteiger partial charge in [-0.3, -0.25) is 0 Å². The van der Waals surface area contributed by atoms with Gasteiger partial charge in [0.1, 0.15) is 0 Å². The highest BCUT2D eigenvalue weighted by Crippen LogP contribution is 1.68. The second-order valence-electron chi connectivity index (χ2n) is 1.09. The Hall–Kier alpha value is 0.200. The van der Waals surface area contributed by atoms with Crippen LogP contribution >= 0.6 is 12.4 Å². The van der Waals surface area contributed by atoms with Crippen molar-refractivity contribution in [3.63, 3.8) is 0 Å². The molecule has 0 aromatic carbocycles. The number of hydrogen-bond donors (Lipinski definition) is 1. The summed E-state index contributed by atoms with van der Waals surface area (Å²) in [6, 6.07) is 0. The molecule has 0 aliphatic carbocycles. The average Bonchev–Trinajstić information content (AvgIpc) is 1.35. The third-order valence-corrected chi connectivity index (χ3v) is 0.908. The number of hydrogen-bond acceptors (Lipinski definition) is 3. The zero-order valence-corrected chi connectivity index (χ0v) is 5.55. The normalized spacial score (nSPS) is 10.0. The van der Waals surface area contributed by atoms with Gasteiger partial charge >= 0.3 is 0 Å². The molecule has 0 unspecified atom stereocenters. The van der Waals surface area contributed by atoms with Gasteiger partial charge in [0.2, 0.25) is 0 Å². The van der Waals surface area contributed by atoms with Crippen LogP contribution in [0.5, 0.6) is 0 Å². The minimum Gasteiger partial charge on any atom is -0.318 e. The molecule has 0 heterocycles. The Bertz CT molecular complexity index is 118. The van der Waals surface area contributed by atoms with Crippen LogP contribution in [0.25, 0.3) is 0 Å². The molecule has 5 heteroatoms. The quantitative estimate of drug-likeness (QED) is 0.535. The first kappa shape index (κ1) is 10.2. The van der Waals surface area contributed by atoms with Crippen LogP contribution in [-0.2, 0) is 9.84 Å². The topological polar surface area (TPSA) is 60.2 Å². The predicted octanol–water partition coefficient (Wildman–Crippen LogP) is -0.631. The lowest BCUT2D eigenvalue weighted by atomic mass is 11.5. The second kappa shape index (κ2) is 3.23. The highest BCUT2D eigenvalue weighted by molar-refractivity contribution is 7.90. The molecule has 0 bridgehead atoms. The molecule has 46 valence electrons. The van der Waals surface area contributed by atoms with E-state index >= 15 is 0 Å². The van der Waals surface area contributed by atoms with E-state index in [1.165, 1.54) is 0 Å². The molecular weight excluding hydrogens is 138 g/mol. The summed E-state index contributed by atoms with van der Waals surface area (Å²) in [5.74, 6) is -0.257. The molecule has 0 atom stereocenters. The summed E-state index contributed by atoms with van der Waals surface area (Å²) in [6.45, 7) is 0. The monoisotopic (exact) mass is 145 g/mol. The first-order chi connectivity index (χ1) is 2.56. The third kappa shape index (κ3) is 10.7. The van der Waals surface area contributed by atoms with Crippen molar-refractivity contribution in [3.05, 3.63) is 0 Å². The van der Waals surface area contributed by atoms with Crippen LogP contribution in [0.4, 0.5) is 0 Å². The maximum Gasteiger partial charge on any atom is 0.160 e. The number of sulfone groups is 1. The van der Waals surface area contributed by atoms with Gasteiger partial charge in [-0.2, -0.15) is 0 Å². The Morgan fingerprint density at radius 1 is 1.57 bits per heavy atom. The SMILES string of the molecule is CS(=O)(=O)CN.Cl. The molecule has 0 amide bonds. The molecule has 2 N–H and O–H groups in total. The van der Waals surface area contributed by atoms with Crippen molar-refractivity contribution >= 4 is 22.2 Å². The van der Waals surface area contributed by atoms with E-state index in [1.807, 2.05) is 0 Å². The van der Waals surface area contributed by atoms with Crippen molar-refractivity contribution in [1.82, 2.24) is 0 Å². The van der Waals surface area contributed by atoms with Gasteiger partial charge in [0.05, 0.1) is 5.88 Å². The fraction of sp³-hybridized carbons (Fsp3) is 1.00. The van der Waals surface area contributed by atoms with Gasteiger partial charge in [0.25, 0.3) is 0 Å². The van der Waals surface area contributed by atoms with E-state index in [9.17, 15) is 8.42 Å². The van der Waals surface area contributed by atoms with Crippen molar-refractivity contribution in [2.45, 2.75) is 0 Å². The fourth-order valence-electron chi connectivity index (χ4n) is 0. The zero-order valence-electron chi connectivity index (χ0n) is 3.92. The molecule has 0 fully saturated rings. The van der Waals surface area contributed by atoms with Crippen LogP contribution in [0.15, 0.2) is 0 Å². The van der Waals surface area contributed by atoms with Gasteiger partial charge < -0.3 is 5.73 Å². The van der Waals surface area contributed by atoms with Crippen LogP contribution in [-0.4, -0.2) is 20.6 Å². The smallest absolute Gasteiger partial charge is 0.160 e. The van der Waals surface area contributed by atoms with Gasteiger partial charge in [0.15, 0.2) is 9.84 Å². The minimum absolute atomic E-state index is 0. The molecule has 0 saturated heterocycles. The van der Waals surface area contributed by atoms with Gasteiger partial charge in [-0.05, 0) is 0 Å². The molecule has 0 spiro atoms. The highest BCUT2D eigenvalue weighted by atomic mass is 35.5. The second-order valence-corrected chi connectivity index (χ2v) is 3.28. The molecule has 7 heavy (non-hydrogen) atoms. The van der Waals surface area contributed by atoms with E-state index in [2.05, 4.69) is 0 Å². The molecular formula is C2H8ClNO2S. The van der Waals surface area contributed by atoms with Gasteiger partial charge in [-0.15, -0.1) is 12.4 Å². The molecule has 0 saturated carbocycles. The minimum atomic E-state index is -2.88. The van der Waals surface area contributed by atoms with E-state index in [0.717, 1.165) is 6.26 Å². The molecule has 0 aliphatic rings. The van der Waals surface area contributed by atoms with Crippen molar-refractivity contribution in [3.8, 4) is 0 Å². The largest absolute Gasteiger partial charge is 0.318 e. The Balaban J connectivity index is 0. The summed E-state index contributed by atoms with van der Waals surface area (Å²) in [4.78, 5) is 0. The Kier molecular flexibility index (Phi) is 4.73. The summed E-state index contributed by atoms with van der Waals surface area (Å²) < 4.78 is 19.8. The fourth-order valence-corrected chi connectivity index (χ4v) is 0. The summed E-state index contributed by atoms with van der Waals surface area (Å²) in [5.41, 5.74) is 4.72. The van der Waals surface area contributed by atoms with Crippen LogP contribution in [0.1, 0.15) is 0 Å². The van der Waals surface area contributed by atoms with E-state index < -0.39 is 9.84 Å². The lowest BCUT2D eigenvalue weighted by Crippen LogP contribution is -2.11. The molecule has 0 aromatic heterocycles. The highest BCUT2D eigenvalue weighted by Gasteiger charge is 1.90. The van der Waals surface area contributed by atoms with Crippen LogP contribution < -0.4 is 5.73 Å². The Morgan fingerprint density at radius 3 is 1.71 bits per heavy atom.